The molecule has 2 aromatic rings. The summed E-state index contributed by atoms with van der Waals surface area (Å²) in [5.41, 5.74) is 7.36. The number of sulfonamides is 1. The average Bonchev–Trinajstić information content (AvgIpc) is 2.62. The van der Waals surface area contributed by atoms with E-state index < -0.39 is 16.1 Å². The molecular formula is C21H29N2O3S. The molecule has 27 heavy (non-hydrogen) atoms. The van der Waals surface area contributed by atoms with Gasteiger partial charge in [-0.05, 0) is 55.0 Å². The summed E-state index contributed by atoms with van der Waals surface area (Å²) < 4.78 is 27.3. The molecule has 0 fully saturated rings. The lowest BCUT2D eigenvalue weighted by Crippen LogP contribution is -2.40. The van der Waals surface area contributed by atoms with Crippen molar-refractivity contribution in [2.45, 2.75) is 37.7 Å². The lowest BCUT2D eigenvalue weighted by atomic mass is 10.1. The van der Waals surface area contributed by atoms with Crippen LogP contribution in [0.15, 0.2) is 59.5 Å². The molecule has 6 heteroatoms. The zero-order valence-electron chi connectivity index (χ0n) is 16.0. The number of aliphatic hydroxyl groups is 1. The van der Waals surface area contributed by atoms with Crippen molar-refractivity contribution >= 4 is 15.7 Å². The van der Waals surface area contributed by atoms with E-state index in [9.17, 15) is 13.5 Å². The van der Waals surface area contributed by atoms with Crippen LogP contribution in [-0.2, 0) is 16.4 Å². The fourth-order valence-corrected chi connectivity index (χ4v) is 4.46. The van der Waals surface area contributed by atoms with Gasteiger partial charge in [0, 0.05) is 18.8 Å². The zero-order chi connectivity index (χ0) is 19.9. The Morgan fingerprint density at radius 2 is 1.67 bits per heavy atom. The highest BCUT2D eigenvalue weighted by atomic mass is 32.2. The molecule has 0 aromatic heterocycles. The number of hydrogen-bond donors (Lipinski definition) is 2. The summed E-state index contributed by atoms with van der Waals surface area (Å²) in [6.07, 6.45) is 2.45. The van der Waals surface area contributed by atoms with Crippen molar-refractivity contribution in [3.8, 4) is 0 Å². The van der Waals surface area contributed by atoms with E-state index in [1.807, 2.05) is 44.2 Å². The van der Waals surface area contributed by atoms with E-state index >= 15 is 0 Å². The zero-order valence-corrected chi connectivity index (χ0v) is 16.8. The minimum atomic E-state index is -3.69. The molecule has 2 aromatic carbocycles. The van der Waals surface area contributed by atoms with Crippen molar-refractivity contribution in [1.82, 2.24) is 4.31 Å². The molecule has 3 N–H and O–H groups in total. The molecule has 1 atom stereocenters. The maximum Gasteiger partial charge on any atom is 0.243 e. The van der Waals surface area contributed by atoms with Crippen molar-refractivity contribution in [3.05, 3.63) is 66.6 Å². The summed E-state index contributed by atoms with van der Waals surface area (Å²) in [7, 11) is -3.69. The minimum Gasteiger partial charge on any atom is -0.399 e. The maximum atomic E-state index is 13.0. The summed E-state index contributed by atoms with van der Waals surface area (Å²) in [5, 5.41) is 10.4. The molecular weight excluding hydrogens is 360 g/mol. The van der Waals surface area contributed by atoms with Crippen LogP contribution in [0, 0.1) is 12.3 Å². The highest BCUT2D eigenvalue weighted by Gasteiger charge is 2.27. The minimum absolute atomic E-state index is 0.0413. The van der Waals surface area contributed by atoms with Crippen LogP contribution in [0.2, 0.25) is 0 Å². The monoisotopic (exact) mass is 389 g/mol. The van der Waals surface area contributed by atoms with E-state index in [1.165, 1.54) is 22.0 Å². The molecule has 2 rings (SSSR count). The van der Waals surface area contributed by atoms with Crippen LogP contribution in [0.25, 0.3) is 0 Å². The fourth-order valence-electron chi connectivity index (χ4n) is 2.84. The Kier molecular flexibility index (Phi) is 7.83. The number of rotatable bonds is 10. The highest BCUT2D eigenvalue weighted by Crippen LogP contribution is 2.19. The number of nitrogens with zero attached hydrogens (tertiary/aromatic N) is 1. The predicted molar refractivity (Wildman–Crippen MR) is 110 cm³/mol. The topological polar surface area (TPSA) is 83.6 Å². The fraction of sp³-hybridized carbons (Fsp3) is 0.381. The number of hydrogen-bond acceptors (Lipinski definition) is 4. The molecule has 147 valence electrons. The third-order valence-electron chi connectivity index (χ3n) is 4.19. The van der Waals surface area contributed by atoms with Crippen LogP contribution in [0.3, 0.4) is 0 Å². The van der Waals surface area contributed by atoms with Gasteiger partial charge in [-0.3, -0.25) is 0 Å². The third-order valence-corrected chi connectivity index (χ3v) is 6.04. The van der Waals surface area contributed by atoms with E-state index in [-0.39, 0.29) is 17.4 Å². The van der Waals surface area contributed by atoms with Gasteiger partial charge in [0.25, 0.3) is 0 Å². The second kappa shape index (κ2) is 9.88. The lowest BCUT2D eigenvalue weighted by molar-refractivity contribution is 0.166. The summed E-state index contributed by atoms with van der Waals surface area (Å²) >= 11 is 0. The standard InChI is InChI=1S/C21H29N2O3S/c1-17(2)15-23(27(25,26)21-13-11-19(22)12-14-21)16-20(24)10-6-9-18-7-4-3-5-8-18/h3-5,7-8,10-14,17,20,24H,6,9,15-16,22H2,1-2H3. The SMILES string of the molecule is CC(C)CN(CC(O)[CH]CCc1ccccc1)S(=O)(=O)c1ccc(N)cc1. The van der Waals surface area contributed by atoms with Gasteiger partial charge in [-0.25, -0.2) is 8.42 Å². The van der Waals surface area contributed by atoms with Crippen LogP contribution in [0.1, 0.15) is 25.8 Å². The van der Waals surface area contributed by atoms with Crippen molar-refractivity contribution in [1.29, 1.82) is 0 Å². The largest absolute Gasteiger partial charge is 0.399 e. The van der Waals surface area contributed by atoms with Gasteiger partial charge in [-0.15, -0.1) is 0 Å². The molecule has 0 amide bonds. The third kappa shape index (κ3) is 6.65. The van der Waals surface area contributed by atoms with Crippen molar-refractivity contribution < 1.29 is 13.5 Å². The van der Waals surface area contributed by atoms with Gasteiger partial charge in [0.05, 0.1) is 11.0 Å². The summed E-state index contributed by atoms with van der Waals surface area (Å²) in [4.78, 5) is 0.189. The number of anilines is 1. The van der Waals surface area contributed by atoms with Gasteiger partial charge in [-0.1, -0.05) is 44.2 Å². The number of aryl methyl sites for hydroxylation is 1. The van der Waals surface area contributed by atoms with Crippen LogP contribution >= 0.6 is 0 Å². The molecule has 0 spiro atoms. The average molecular weight is 390 g/mol. The van der Waals surface area contributed by atoms with Crippen molar-refractivity contribution in [2.24, 2.45) is 5.92 Å². The first kappa shape index (κ1) is 21.4. The number of nitrogen functional groups attached to an aromatic ring is 1. The quantitative estimate of drug-likeness (QED) is 0.612. The first-order chi connectivity index (χ1) is 12.8. The second-order valence-electron chi connectivity index (χ2n) is 7.11. The van der Waals surface area contributed by atoms with E-state index in [0.29, 0.717) is 18.7 Å². The molecule has 0 aliphatic heterocycles. The molecule has 0 aliphatic carbocycles. The summed E-state index contributed by atoms with van der Waals surface area (Å²) in [6, 6.07) is 16.2. The second-order valence-corrected chi connectivity index (χ2v) is 9.05. The Morgan fingerprint density at radius 3 is 2.26 bits per heavy atom. The molecule has 0 heterocycles. The van der Waals surface area contributed by atoms with E-state index in [2.05, 4.69) is 0 Å². The highest BCUT2D eigenvalue weighted by molar-refractivity contribution is 7.89. The Labute approximate surface area is 162 Å². The molecule has 0 saturated heterocycles. The predicted octanol–water partition coefficient (Wildman–Crippen LogP) is 3.11. The van der Waals surface area contributed by atoms with Crippen LogP contribution in [-0.4, -0.2) is 37.0 Å². The first-order valence-electron chi connectivity index (χ1n) is 9.20. The van der Waals surface area contributed by atoms with Crippen LogP contribution < -0.4 is 5.73 Å². The summed E-state index contributed by atoms with van der Waals surface area (Å²) in [5.74, 6) is 0.144. The van der Waals surface area contributed by atoms with Gasteiger partial charge >= 0.3 is 0 Å². The van der Waals surface area contributed by atoms with E-state index in [0.717, 1.165) is 6.42 Å². The smallest absolute Gasteiger partial charge is 0.243 e. The van der Waals surface area contributed by atoms with Gasteiger partial charge < -0.3 is 10.8 Å². The van der Waals surface area contributed by atoms with Gasteiger partial charge in [0.15, 0.2) is 0 Å². The maximum absolute atomic E-state index is 13.0. The van der Waals surface area contributed by atoms with Gasteiger partial charge in [0.1, 0.15) is 0 Å². The normalized spacial score (nSPS) is 13.2. The summed E-state index contributed by atoms with van der Waals surface area (Å²) in [6.45, 7) is 4.30. The Hall–Kier alpha value is -1.89. The van der Waals surface area contributed by atoms with Gasteiger partial charge in [0.2, 0.25) is 10.0 Å². The molecule has 1 radical (unpaired) electrons. The van der Waals surface area contributed by atoms with Crippen LogP contribution in [0.4, 0.5) is 5.69 Å². The first-order valence-corrected chi connectivity index (χ1v) is 10.6. The Bertz CT molecular complexity index is 790. The lowest BCUT2D eigenvalue weighted by Gasteiger charge is -2.26. The number of benzene rings is 2. The molecule has 0 saturated carbocycles. The molecule has 5 nitrogen and oxygen atoms in total. The van der Waals surface area contributed by atoms with Crippen molar-refractivity contribution in [3.63, 3.8) is 0 Å². The Balaban J connectivity index is 2.01. The molecule has 1 unspecified atom stereocenters. The van der Waals surface area contributed by atoms with Crippen LogP contribution in [0.5, 0.6) is 0 Å². The van der Waals surface area contributed by atoms with Crippen molar-refractivity contribution in [2.75, 3.05) is 18.8 Å². The van der Waals surface area contributed by atoms with E-state index in [1.54, 1.807) is 18.6 Å². The molecule has 0 bridgehead atoms. The number of aliphatic hydroxyl groups excluding tert-OH is 1. The number of nitrogens with two attached hydrogens (primary N) is 1. The molecule has 0 aliphatic rings. The van der Waals surface area contributed by atoms with E-state index in [4.69, 9.17) is 5.73 Å². The van der Waals surface area contributed by atoms with Gasteiger partial charge in [-0.2, -0.15) is 4.31 Å². The Morgan fingerprint density at radius 1 is 1.04 bits per heavy atom.